The topological polar surface area (TPSA) is 47.0 Å². The van der Waals surface area contributed by atoms with Crippen LogP contribution in [0.1, 0.15) is 71.5 Å². The summed E-state index contributed by atoms with van der Waals surface area (Å²) in [5, 5.41) is 3.24. The van der Waals surface area contributed by atoms with Crippen molar-refractivity contribution in [1.29, 1.82) is 0 Å². The van der Waals surface area contributed by atoms with Crippen LogP contribution in [0.5, 0.6) is 5.88 Å². The van der Waals surface area contributed by atoms with Gasteiger partial charge in [-0.3, -0.25) is 0 Å². The lowest BCUT2D eigenvalue weighted by Crippen LogP contribution is -2.07. The molecule has 120 valence electrons. The number of ether oxygens (including phenoxy) is 1. The Balaban J connectivity index is 2.38. The number of anilines is 1. The van der Waals surface area contributed by atoms with Crippen LogP contribution in [0.4, 0.5) is 5.82 Å². The van der Waals surface area contributed by atoms with Gasteiger partial charge in [0.25, 0.3) is 0 Å². The normalized spacial score (nSPS) is 10.6. The molecule has 0 fully saturated rings. The van der Waals surface area contributed by atoms with Crippen LogP contribution in [0.25, 0.3) is 0 Å². The largest absolute Gasteiger partial charge is 0.478 e. The lowest BCUT2D eigenvalue weighted by molar-refractivity contribution is 0.292. The molecule has 0 aromatic carbocycles. The summed E-state index contributed by atoms with van der Waals surface area (Å²) >= 11 is 0. The van der Waals surface area contributed by atoms with Crippen molar-refractivity contribution >= 4 is 5.82 Å². The van der Waals surface area contributed by atoms with Crippen LogP contribution in [0, 0.1) is 0 Å². The van der Waals surface area contributed by atoms with Crippen molar-refractivity contribution < 1.29 is 4.74 Å². The summed E-state index contributed by atoms with van der Waals surface area (Å²) in [5.41, 5.74) is 0. The van der Waals surface area contributed by atoms with Gasteiger partial charge in [-0.1, -0.05) is 46.0 Å². The average Bonchev–Trinajstić information content (AvgIpc) is 2.47. The minimum Gasteiger partial charge on any atom is -0.478 e. The number of aromatic nitrogens is 2. The van der Waals surface area contributed by atoms with Crippen LogP contribution in [0.3, 0.4) is 0 Å². The van der Waals surface area contributed by atoms with E-state index in [0.717, 1.165) is 44.1 Å². The zero-order chi connectivity index (χ0) is 15.3. The molecule has 0 aliphatic carbocycles. The first-order valence-electron chi connectivity index (χ1n) is 8.54. The van der Waals surface area contributed by atoms with Crippen molar-refractivity contribution in [2.24, 2.45) is 0 Å². The van der Waals surface area contributed by atoms with Crippen molar-refractivity contribution in [3.05, 3.63) is 11.9 Å². The van der Waals surface area contributed by atoms with Gasteiger partial charge in [-0.15, -0.1) is 0 Å². The van der Waals surface area contributed by atoms with Gasteiger partial charge in [0, 0.05) is 19.0 Å². The van der Waals surface area contributed by atoms with Gasteiger partial charge in [-0.25, -0.2) is 4.98 Å². The van der Waals surface area contributed by atoms with E-state index in [-0.39, 0.29) is 0 Å². The van der Waals surface area contributed by atoms with Gasteiger partial charge in [-0.05, 0) is 19.8 Å². The Hall–Kier alpha value is -1.32. The molecule has 0 saturated heterocycles. The molecule has 0 spiro atoms. The quantitative estimate of drug-likeness (QED) is 0.572. The SMILES string of the molecule is CCCCCCCCOc1cc(NCC)nc(CCC)n1. The van der Waals surface area contributed by atoms with Gasteiger partial charge in [0.05, 0.1) is 6.61 Å². The molecule has 4 nitrogen and oxygen atoms in total. The van der Waals surface area contributed by atoms with E-state index >= 15 is 0 Å². The van der Waals surface area contributed by atoms with E-state index in [9.17, 15) is 0 Å². The van der Waals surface area contributed by atoms with E-state index in [0.29, 0.717) is 5.88 Å². The lowest BCUT2D eigenvalue weighted by Gasteiger charge is -2.10. The predicted octanol–water partition coefficient (Wildman–Crippen LogP) is 4.60. The Morgan fingerprint density at radius 1 is 0.952 bits per heavy atom. The van der Waals surface area contributed by atoms with Crippen LogP contribution in [-0.2, 0) is 6.42 Å². The number of nitrogens with zero attached hydrogens (tertiary/aromatic N) is 2. The van der Waals surface area contributed by atoms with E-state index in [1.54, 1.807) is 0 Å². The van der Waals surface area contributed by atoms with Gasteiger partial charge < -0.3 is 10.1 Å². The Bertz CT molecular complexity index is 358. The minimum atomic E-state index is 0.706. The number of aryl methyl sites for hydroxylation is 1. The summed E-state index contributed by atoms with van der Waals surface area (Å²) in [6, 6.07) is 1.90. The molecule has 0 aliphatic rings. The number of hydrogen-bond donors (Lipinski definition) is 1. The van der Waals surface area contributed by atoms with E-state index in [1.165, 1.54) is 32.1 Å². The molecule has 1 heterocycles. The third-order valence-corrected chi connectivity index (χ3v) is 3.33. The highest BCUT2D eigenvalue weighted by atomic mass is 16.5. The van der Waals surface area contributed by atoms with E-state index in [2.05, 4.69) is 36.1 Å². The van der Waals surface area contributed by atoms with Gasteiger partial charge in [-0.2, -0.15) is 4.98 Å². The molecule has 0 radical (unpaired) electrons. The highest BCUT2D eigenvalue weighted by Crippen LogP contribution is 2.15. The average molecular weight is 293 g/mol. The highest BCUT2D eigenvalue weighted by Gasteiger charge is 2.04. The summed E-state index contributed by atoms with van der Waals surface area (Å²) < 4.78 is 5.80. The second-order valence-corrected chi connectivity index (χ2v) is 5.40. The molecule has 1 N–H and O–H groups in total. The molecule has 4 heteroatoms. The number of nitrogens with one attached hydrogen (secondary N) is 1. The van der Waals surface area contributed by atoms with Gasteiger partial charge >= 0.3 is 0 Å². The number of rotatable bonds is 12. The fourth-order valence-electron chi connectivity index (χ4n) is 2.21. The van der Waals surface area contributed by atoms with Gasteiger partial charge in [0.2, 0.25) is 5.88 Å². The zero-order valence-corrected chi connectivity index (χ0v) is 14.0. The molecule has 0 saturated carbocycles. The van der Waals surface area contributed by atoms with Crippen molar-refractivity contribution in [2.75, 3.05) is 18.5 Å². The maximum absolute atomic E-state index is 5.80. The van der Waals surface area contributed by atoms with Crippen molar-refractivity contribution in [2.45, 2.75) is 72.1 Å². The Kier molecular flexibility index (Phi) is 9.58. The molecule has 1 aromatic rings. The molecular formula is C17H31N3O. The molecule has 1 aromatic heterocycles. The maximum Gasteiger partial charge on any atom is 0.218 e. The molecule has 21 heavy (non-hydrogen) atoms. The third kappa shape index (κ3) is 7.88. The first-order chi connectivity index (χ1) is 10.3. The Morgan fingerprint density at radius 3 is 2.43 bits per heavy atom. The number of hydrogen-bond acceptors (Lipinski definition) is 4. The lowest BCUT2D eigenvalue weighted by atomic mass is 10.1. The summed E-state index contributed by atoms with van der Waals surface area (Å²) in [4.78, 5) is 8.97. The number of unbranched alkanes of at least 4 members (excludes halogenated alkanes) is 5. The third-order valence-electron chi connectivity index (χ3n) is 3.33. The zero-order valence-electron chi connectivity index (χ0n) is 14.0. The molecule has 0 unspecified atom stereocenters. The Labute approximate surface area is 129 Å². The second-order valence-electron chi connectivity index (χ2n) is 5.40. The van der Waals surface area contributed by atoms with Crippen molar-refractivity contribution in [1.82, 2.24) is 9.97 Å². The summed E-state index contributed by atoms with van der Waals surface area (Å²) in [5.74, 6) is 2.45. The standard InChI is InChI=1S/C17H31N3O/c1-4-7-8-9-10-11-13-21-17-14-16(18-6-3)19-15(20-17)12-5-2/h14H,4-13H2,1-3H3,(H,18,19,20). The molecule has 0 amide bonds. The van der Waals surface area contributed by atoms with Crippen molar-refractivity contribution in [3.63, 3.8) is 0 Å². The summed E-state index contributed by atoms with van der Waals surface area (Å²) in [6.45, 7) is 8.06. The van der Waals surface area contributed by atoms with Gasteiger partial charge in [0.15, 0.2) is 0 Å². The van der Waals surface area contributed by atoms with Crippen molar-refractivity contribution in [3.8, 4) is 5.88 Å². The van der Waals surface area contributed by atoms with Crippen LogP contribution >= 0.6 is 0 Å². The Morgan fingerprint density at radius 2 is 1.71 bits per heavy atom. The smallest absolute Gasteiger partial charge is 0.218 e. The molecule has 1 rings (SSSR count). The molecule has 0 aliphatic heterocycles. The first kappa shape index (κ1) is 17.7. The molecule has 0 bridgehead atoms. The van der Waals surface area contributed by atoms with Crippen LogP contribution in [0.15, 0.2) is 6.07 Å². The van der Waals surface area contributed by atoms with Crippen LogP contribution < -0.4 is 10.1 Å². The minimum absolute atomic E-state index is 0.706. The van der Waals surface area contributed by atoms with E-state index in [1.807, 2.05) is 6.07 Å². The maximum atomic E-state index is 5.80. The highest BCUT2D eigenvalue weighted by molar-refractivity contribution is 5.38. The van der Waals surface area contributed by atoms with E-state index in [4.69, 9.17) is 4.74 Å². The van der Waals surface area contributed by atoms with Crippen LogP contribution in [0.2, 0.25) is 0 Å². The van der Waals surface area contributed by atoms with Crippen LogP contribution in [-0.4, -0.2) is 23.1 Å². The first-order valence-corrected chi connectivity index (χ1v) is 8.54. The monoisotopic (exact) mass is 293 g/mol. The van der Waals surface area contributed by atoms with Gasteiger partial charge in [0.1, 0.15) is 11.6 Å². The van der Waals surface area contributed by atoms with E-state index < -0.39 is 0 Å². The fourth-order valence-corrected chi connectivity index (χ4v) is 2.21. The predicted molar refractivity (Wildman–Crippen MR) is 89.1 cm³/mol. The second kappa shape index (κ2) is 11.4. The summed E-state index contributed by atoms with van der Waals surface area (Å²) in [6.07, 6.45) is 9.59. The molecular weight excluding hydrogens is 262 g/mol. The molecule has 0 atom stereocenters. The summed E-state index contributed by atoms with van der Waals surface area (Å²) in [7, 11) is 0. The fraction of sp³-hybridized carbons (Fsp3) is 0.765.